The minimum atomic E-state index is -0.151. The normalized spacial score (nSPS) is 10.3. The molecule has 0 saturated heterocycles. The molecule has 0 unspecified atom stereocenters. The van der Waals surface area contributed by atoms with Crippen molar-refractivity contribution in [1.82, 2.24) is 15.2 Å². The monoisotopic (exact) mass is 343 g/mol. The first-order valence-corrected chi connectivity index (χ1v) is 8.81. The number of carbonyl (C=O) groups excluding carboxylic acids is 2. The van der Waals surface area contributed by atoms with Gasteiger partial charge >= 0.3 is 0 Å². The Morgan fingerprint density at radius 2 is 2.05 bits per heavy atom. The predicted molar refractivity (Wildman–Crippen MR) is 84.9 cm³/mol. The maximum atomic E-state index is 11.7. The summed E-state index contributed by atoms with van der Waals surface area (Å²) < 4.78 is 0.635. The highest BCUT2D eigenvalue weighted by molar-refractivity contribution is 8.01. The van der Waals surface area contributed by atoms with Crippen molar-refractivity contribution in [1.29, 1.82) is 0 Å². The maximum Gasteiger partial charge on any atom is 0.236 e. The maximum absolute atomic E-state index is 11.7. The van der Waals surface area contributed by atoms with Crippen LogP contribution in [0.1, 0.15) is 19.8 Å². The van der Waals surface area contributed by atoms with Gasteiger partial charge < -0.3 is 10.6 Å². The first kappa shape index (κ1) is 15.9. The summed E-state index contributed by atoms with van der Waals surface area (Å²) in [6.07, 6.45) is 2.87. The number of carbonyl (C=O) groups is 2. The van der Waals surface area contributed by atoms with Crippen LogP contribution >= 0.6 is 34.4 Å². The van der Waals surface area contributed by atoms with Gasteiger partial charge in [-0.1, -0.05) is 30.0 Å². The van der Waals surface area contributed by atoms with Crippen molar-refractivity contribution in [3.63, 3.8) is 0 Å². The van der Waals surface area contributed by atoms with Gasteiger partial charge in [-0.2, -0.15) is 0 Å². The van der Waals surface area contributed by atoms with Crippen molar-refractivity contribution in [2.45, 2.75) is 24.1 Å². The van der Waals surface area contributed by atoms with Gasteiger partial charge in [-0.15, -0.1) is 21.5 Å². The number of anilines is 2. The Bertz CT molecular complexity index is 599. The van der Waals surface area contributed by atoms with Crippen molar-refractivity contribution < 1.29 is 9.59 Å². The van der Waals surface area contributed by atoms with Crippen LogP contribution < -0.4 is 10.6 Å². The third kappa shape index (κ3) is 5.40. The quantitative estimate of drug-likeness (QED) is 0.592. The van der Waals surface area contributed by atoms with E-state index in [4.69, 9.17) is 0 Å². The Morgan fingerprint density at radius 1 is 1.24 bits per heavy atom. The van der Waals surface area contributed by atoms with Crippen LogP contribution in [0.2, 0.25) is 0 Å². The number of hydrogen-bond donors (Lipinski definition) is 2. The molecule has 2 aromatic rings. The smallest absolute Gasteiger partial charge is 0.236 e. The van der Waals surface area contributed by atoms with Crippen molar-refractivity contribution in [3.05, 3.63) is 11.6 Å². The highest BCUT2D eigenvalue weighted by Crippen LogP contribution is 2.25. The number of nitrogens with zero attached hydrogens (tertiary/aromatic N) is 3. The molecule has 0 aliphatic heterocycles. The van der Waals surface area contributed by atoms with Gasteiger partial charge in [0.05, 0.1) is 5.75 Å². The largest absolute Gasteiger partial charge is 0.301 e. The Kier molecular flexibility index (Phi) is 6.08. The topological polar surface area (TPSA) is 96.9 Å². The molecule has 0 bridgehead atoms. The second-order valence-corrected chi connectivity index (χ2v) is 6.94. The molecule has 0 atom stereocenters. The van der Waals surface area contributed by atoms with Crippen molar-refractivity contribution in [2.75, 3.05) is 16.4 Å². The van der Waals surface area contributed by atoms with E-state index < -0.39 is 0 Å². The molecular weight excluding hydrogens is 330 g/mol. The molecule has 2 N–H and O–H groups in total. The van der Waals surface area contributed by atoms with E-state index in [1.54, 1.807) is 11.6 Å². The van der Waals surface area contributed by atoms with Gasteiger partial charge in [0.2, 0.25) is 16.9 Å². The number of hydrogen-bond acceptors (Lipinski definition) is 8. The van der Waals surface area contributed by atoms with Gasteiger partial charge in [0.1, 0.15) is 0 Å². The predicted octanol–water partition coefficient (Wildman–Crippen LogP) is 2.46. The second-order valence-electron chi connectivity index (χ2n) is 3.85. The van der Waals surface area contributed by atoms with Crippen molar-refractivity contribution in [2.24, 2.45) is 0 Å². The Balaban J connectivity index is 1.77. The van der Waals surface area contributed by atoms with Crippen LogP contribution in [-0.4, -0.2) is 32.7 Å². The molecule has 112 valence electrons. The summed E-state index contributed by atoms with van der Waals surface area (Å²) in [6.45, 7) is 1.93. The Hall–Kier alpha value is -1.52. The molecule has 21 heavy (non-hydrogen) atoms. The van der Waals surface area contributed by atoms with E-state index in [1.807, 2.05) is 6.92 Å². The van der Waals surface area contributed by atoms with Crippen LogP contribution in [-0.2, 0) is 9.59 Å². The molecule has 0 aliphatic rings. The summed E-state index contributed by atoms with van der Waals surface area (Å²) in [7, 11) is 0. The zero-order valence-electron chi connectivity index (χ0n) is 11.2. The van der Waals surface area contributed by atoms with Gasteiger partial charge in [-0.3, -0.25) is 9.59 Å². The fourth-order valence-electron chi connectivity index (χ4n) is 1.30. The fraction of sp³-hybridized carbons (Fsp3) is 0.364. The highest BCUT2D eigenvalue weighted by Gasteiger charge is 2.10. The van der Waals surface area contributed by atoms with Crippen LogP contribution in [0.5, 0.6) is 0 Å². The van der Waals surface area contributed by atoms with Gasteiger partial charge in [0.25, 0.3) is 0 Å². The lowest BCUT2D eigenvalue weighted by molar-refractivity contribution is -0.116. The molecule has 0 aliphatic carbocycles. The zero-order chi connectivity index (χ0) is 15.1. The molecule has 2 amide bonds. The lowest BCUT2D eigenvalue weighted by atomic mass is 10.3. The van der Waals surface area contributed by atoms with Crippen LogP contribution in [0, 0.1) is 0 Å². The van der Waals surface area contributed by atoms with E-state index in [1.165, 1.54) is 34.4 Å². The van der Waals surface area contributed by atoms with E-state index in [0.29, 0.717) is 21.0 Å². The first-order chi connectivity index (χ1) is 10.2. The summed E-state index contributed by atoms with van der Waals surface area (Å²) in [6, 6.07) is 0. The number of rotatable bonds is 7. The van der Waals surface area contributed by atoms with Gasteiger partial charge in [0.15, 0.2) is 9.47 Å². The summed E-state index contributed by atoms with van der Waals surface area (Å²) in [5, 5.41) is 16.0. The number of aromatic nitrogens is 3. The number of thiazole rings is 1. The van der Waals surface area contributed by atoms with Crippen LogP contribution in [0.25, 0.3) is 0 Å². The molecule has 0 aromatic carbocycles. The van der Waals surface area contributed by atoms with Crippen LogP contribution in [0.15, 0.2) is 15.9 Å². The second kappa shape index (κ2) is 8.05. The third-order valence-electron chi connectivity index (χ3n) is 2.14. The summed E-state index contributed by atoms with van der Waals surface area (Å²) in [4.78, 5) is 27.1. The molecule has 7 nitrogen and oxygen atoms in total. The molecule has 0 fully saturated rings. The molecule has 0 saturated carbocycles. The van der Waals surface area contributed by atoms with E-state index in [9.17, 15) is 9.59 Å². The standard InChI is InChI=1S/C11H13N5O2S3/c1-2-3-7(17)13-10-15-16-11(21-10)20-6-8(18)14-9-12-4-5-19-9/h4-5H,2-3,6H2,1H3,(H,12,14,18)(H,13,15,17). The van der Waals surface area contributed by atoms with E-state index in [0.717, 1.165) is 6.42 Å². The molecule has 10 heteroatoms. The van der Waals surface area contributed by atoms with Crippen LogP contribution in [0.3, 0.4) is 0 Å². The summed E-state index contributed by atoms with van der Waals surface area (Å²) in [5.74, 6) is -0.00894. The molecule has 2 rings (SSSR count). The van der Waals surface area contributed by atoms with E-state index >= 15 is 0 Å². The fourth-order valence-corrected chi connectivity index (χ4v) is 3.41. The molecule has 0 radical (unpaired) electrons. The minimum absolute atomic E-state index is 0.0771. The average molecular weight is 343 g/mol. The Morgan fingerprint density at radius 3 is 2.76 bits per heavy atom. The van der Waals surface area contributed by atoms with Gasteiger partial charge in [-0.25, -0.2) is 4.98 Å². The van der Waals surface area contributed by atoms with Gasteiger partial charge in [-0.05, 0) is 6.42 Å². The molecule has 2 aromatic heterocycles. The molecule has 2 heterocycles. The average Bonchev–Trinajstić information content (AvgIpc) is 3.08. The first-order valence-electron chi connectivity index (χ1n) is 6.13. The lowest BCUT2D eigenvalue weighted by Gasteiger charge is -1.99. The van der Waals surface area contributed by atoms with Crippen LogP contribution in [0.4, 0.5) is 10.3 Å². The van der Waals surface area contributed by atoms with E-state index in [2.05, 4.69) is 25.8 Å². The number of nitrogens with one attached hydrogen (secondary N) is 2. The van der Waals surface area contributed by atoms with Gasteiger partial charge in [0, 0.05) is 18.0 Å². The number of amides is 2. The minimum Gasteiger partial charge on any atom is -0.301 e. The lowest BCUT2D eigenvalue weighted by Crippen LogP contribution is -2.13. The summed E-state index contributed by atoms with van der Waals surface area (Å²) in [5.41, 5.74) is 0. The molecular formula is C11H13N5O2S3. The number of thioether (sulfide) groups is 1. The summed E-state index contributed by atoms with van der Waals surface area (Å²) >= 11 is 3.89. The van der Waals surface area contributed by atoms with Crippen molar-refractivity contribution >= 4 is 56.5 Å². The van der Waals surface area contributed by atoms with E-state index in [-0.39, 0.29) is 17.6 Å². The SMILES string of the molecule is CCCC(=O)Nc1nnc(SCC(=O)Nc2nccs2)s1. The zero-order valence-corrected chi connectivity index (χ0v) is 13.6. The molecule has 0 spiro atoms. The Labute approximate surface area is 133 Å². The third-order valence-corrected chi connectivity index (χ3v) is 4.80. The van der Waals surface area contributed by atoms with Crippen molar-refractivity contribution in [3.8, 4) is 0 Å². The highest BCUT2D eigenvalue weighted by atomic mass is 32.2.